The number of nitrogens with one attached hydrogen (secondary N) is 2. The van der Waals surface area contributed by atoms with E-state index in [1.165, 1.54) is 4.68 Å². The Hall–Kier alpha value is -1.69. The fourth-order valence-corrected chi connectivity index (χ4v) is 1.20. The van der Waals surface area contributed by atoms with Gasteiger partial charge in [-0.1, -0.05) is 0 Å². The van der Waals surface area contributed by atoms with Crippen molar-refractivity contribution in [2.75, 3.05) is 5.84 Å². The Bertz CT molecular complexity index is 457. The quantitative estimate of drug-likeness (QED) is 0.343. The summed E-state index contributed by atoms with van der Waals surface area (Å²) in [6.07, 6.45) is 3.39. The fraction of sp³-hybridized carbons (Fsp3) is 0. The van der Waals surface area contributed by atoms with Crippen LogP contribution in [0.4, 0.5) is 0 Å². The largest absolute Gasteiger partial charge is 0.345 e. The summed E-state index contributed by atoms with van der Waals surface area (Å²) in [6, 6.07) is 3.69. The summed E-state index contributed by atoms with van der Waals surface area (Å²) >= 11 is 4.91. The van der Waals surface area contributed by atoms with Crippen LogP contribution in [0.15, 0.2) is 24.5 Å². The Kier molecular flexibility index (Phi) is 1.82. The van der Waals surface area contributed by atoms with Gasteiger partial charge in [-0.05, 0) is 12.1 Å². The smallest absolute Gasteiger partial charge is 0.288 e. The number of pyridine rings is 1. The van der Waals surface area contributed by atoms with E-state index in [9.17, 15) is 0 Å². The maximum Gasteiger partial charge on any atom is 0.345 e. The average molecular weight is 194 g/mol. The number of aromatic nitrogens is 4. The zero-order valence-corrected chi connectivity index (χ0v) is 7.51. The van der Waals surface area contributed by atoms with Gasteiger partial charge in [-0.3, -0.25) is 10.8 Å². The topological polar surface area (TPSA) is 74.4 Å². The molecule has 0 bridgehead atoms. The van der Waals surface area contributed by atoms with Crippen molar-refractivity contribution in [3.05, 3.63) is 29.3 Å². The predicted molar refractivity (Wildman–Crippen MR) is 49.6 cm³/mol. The van der Waals surface area contributed by atoms with Gasteiger partial charge < -0.3 is 0 Å². The first-order valence-corrected chi connectivity index (χ1v) is 4.08. The number of H-pyrrole nitrogens is 2. The highest BCUT2D eigenvalue weighted by Gasteiger charge is 2.10. The van der Waals surface area contributed by atoms with Gasteiger partial charge >= 0.3 is 4.77 Å². The number of hydrogen-bond acceptors (Lipinski definition) is 3. The van der Waals surface area contributed by atoms with Crippen molar-refractivity contribution in [1.29, 1.82) is 0 Å². The summed E-state index contributed by atoms with van der Waals surface area (Å²) in [5.41, 5.74) is 0.935. The van der Waals surface area contributed by atoms with Crippen molar-refractivity contribution < 1.29 is 4.68 Å². The molecular weight excluding hydrogens is 186 g/mol. The van der Waals surface area contributed by atoms with Crippen molar-refractivity contribution in [1.82, 2.24) is 15.2 Å². The summed E-state index contributed by atoms with van der Waals surface area (Å²) in [6.45, 7) is 0. The van der Waals surface area contributed by atoms with Crippen molar-refractivity contribution in [3.63, 3.8) is 0 Å². The summed E-state index contributed by atoms with van der Waals surface area (Å²) in [4.78, 5) is 3.91. The van der Waals surface area contributed by atoms with Crippen molar-refractivity contribution in [2.24, 2.45) is 0 Å². The zero-order valence-electron chi connectivity index (χ0n) is 6.69. The molecule has 66 valence electrons. The normalized spacial score (nSPS) is 10.2. The summed E-state index contributed by atoms with van der Waals surface area (Å²) in [7, 11) is 0. The molecule has 2 heterocycles. The van der Waals surface area contributed by atoms with Gasteiger partial charge in [0.2, 0.25) is 0 Å². The third-order valence-electron chi connectivity index (χ3n) is 1.70. The number of nitrogen functional groups attached to an aromatic ring is 1. The average Bonchev–Trinajstić information content (AvgIpc) is 2.49. The Morgan fingerprint density at radius 1 is 1.31 bits per heavy atom. The van der Waals surface area contributed by atoms with E-state index in [1.54, 1.807) is 12.4 Å². The molecule has 2 rings (SSSR count). The molecule has 2 aromatic heterocycles. The SMILES string of the molecule is N[n+]1c(-c2ccncc2)[nH][nH]c1=S. The van der Waals surface area contributed by atoms with Crippen molar-refractivity contribution >= 4 is 12.2 Å². The minimum absolute atomic E-state index is 0.451. The maximum absolute atomic E-state index is 5.66. The molecule has 0 unspecified atom stereocenters. The van der Waals surface area contributed by atoms with Crippen LogP contribution in [-0.2, 0) is 0 Å². The first-order chi connectivity index (χ1) is 6.29. The van der Waals surface area contributed by atoms with E-state index in [-0.39, 0.29) is 0 Å². The van der Waals surface area contributed by atoms with Gasteiger partial charge in [0, 0.05) is 24.6 Å². The van der Waals surface area contributed by atoms with Crippen LogP contribution >= 0.6 is 12.2 Å². The molecule has 0 aliphatic heterocycles. The molecule has 0 saturated carbocycles. The monoisotopic (exact) mass is 194 g/mol. The van der Waals surface area contributed by atoms with E-state index < -0.39 is 0 Å². The van der Waals surface area contributed by atoms with Gasteiger partial charge in [0.15, 0.2) is 0 Å². The highest BCUT2D eigenvalue weighted by molar-refractivity contribution is 7.71. The molecule has 0 fully saturated rings. The lowest BCUT2D eigenvalue weighted by molar-refractivity contribution is -0.634. The minimum atomic E-state index is 0.451. The predicted octanol–water partition coefficient (Wildman–Crippen LogP) is 0.136. The fourth-order valence-electron chi connectivity index (χ4n) is 1.06. The molecule has 0 spiro atoms. The molecule has 0 aliphatic rings. The number of nitrogens with two attached hydrogens (primary N) is 1. The Labute approximate surface area is 79.2 Å². The Morgan fingerprint density at radius 2 is 2.00 bits per heavy atom. The highest BCUT2D eigenvalue weighted by Crippen LogP contribution is 2.08. The molecule has 5 nitrogen and oxygen atoms in total. The first kappa shape index (κ1) is 7.93. The van der Waals surface area contributed by atoms with E-state index in [1.807, 2.05) is 12.1 Å². The van der Waals surface area contributed by atoms with Gasteiger partial charge in [0.05, 0.1) is 5.56 Å². The molecular formula is C7H8N5S+. The van der Waals surface area contributed by atoms with E-state index >= 15 is 0 Å². The molecule has 0 radical (unpaired) electrons. The third kappa shape index (κ3) is 1.31. The maximum atomic E-state index is 5.66. The molecule has 4 N–H and O–H groups in total. The molecule has 0 aliphatic carbocycles. The second kappa shape index (κ2) is 2.98. The molecule has 2 aromatic rings. The van der Waals surface area contributed by atoms with Crippen molar-refractivity contribution in [3.8, 4) is 11.4 Å². The minimum Gasteiger partial charge on any atom is -0.288 e. The molecule has 0 atom stereocenters. The van der Waals surface area contributed by atoms with Crippen LogP contribution in [0.3, 0.4) is 0 Å². The van der Waals surface area contributed by atoms with Gasteiger partial charge in [-0.2, -0.15) is 5.10 Å². The van der Waals surface area contributed by atoms with Crippen LogP contribution in [-0.4, -0.2) is 15.2 Å². The van der Waals surface area contributed by atoms with Crippen LogP contribution in [0.2, 0.25) is 0 Å². The lowest BCUT2D eigenvalue weighted by atomic mass is 10.2. The molecule has 0 amide bonds. The van der Waals surface area contributed by atoms with Gasteiger partial charge in [0.25, 0.3) is 5.82 Å². The zero-order chi connectivity index (χ0) is 9.26. The van der Waals surface area contributed by atoms with Gasteiger partial charge in [-0.15, -0.1) is 9.77 Å². The number of rotatable bonds is 1. The number of hydrogen-bond donors (Lipinski definition) is 3. The highest BCUT2D eigenvalue weighted by atomic mass is 32.1. The summed E-state index contributed by atoms with van der Waals surface area (Å²) in [5.74, 6) is 6.39. The molecule has 0 aromatic carbocycles. The van der Waals surface area contributed by atoms with Crippen molar-refractivity contribution in [2.45, 2.75) is 0 Å². The van der Waals surface area contributed by atoms with E-state index in [0.29, 0.717) is 4.77 Å². The Morgan fingerprint density at radius 3 is 2.54 bits per heavy atom. The second-order valence-electron chi connectivity index (χ2n) is 2.51. The molecule has 6 heteroatoms. The van der Waals surface area contributed by atoms with Gasteiger partial charge in [-0.25, -0.2) is 0 Å². The lowest BCUT2D eigenvalue weighted by Gasteiger charge is -1.92. The van der Waals surface area contributed by atoms with Crippen LogP contribution in [0, 0.1) is 4.77 Å². The summed E-state index contributed by atoms with van der Waals surface area (Å²) < 4.78 is 1.83. The standard InChI is InChI=1S/C7H7N5S/c8-12-6(10-11-7(12)13)5-1-3-9-4-2-5/h1-4H,8H2,(H,9,11,13)/p+1. The van der Waals surface area contributed by atoms with E-state index in [4.69, 9.17) is 18.1 Å². The van der Waals surface area contributed by atoms with Crippen LogP contribution in [0.5, 0.6) is 0 Å². The Balaban J connectivity index is 2.60. The summed E-state index contributed by atoms with van der Waals surface area (Å²) in [5, 5.41) is 5.61. The van der Waals surface area contributed by atoms with E-state index in [0.717, 1.165) is 11.4 Å². The third-order valence-corrected chi connectivity index (χ3v) is 2.00. The number of aromatic amines is 2. The lowest BCUT2D eigenvalue weighted by Crippen LogP contribution is -2.46. The van der Waals surface area contributed by atoms with Crippen LogP contribution in [0.25, 0.3) is 11.4 Å². The second-order valence-corrected chi connectivity index (χ2v) is 2.90. The number of nitrogens with zero attached hydrogens (tertiary/aromatic N) is 2. The van der Waals surface area contributed by atoms with Crippen LogP contribution < -0.4 is 10.5 Å². The van der Waals surface area contributed by atoms with E-state index in [2.05, 4.69) is 15.2 Å². The van der Waals surface area contributed by atoms with Crippen LogP contribution in [0.1, 0.15) is 0 Å². The molecule has 0 saturated heterocycles. The molecule has 13 heavy (non-hydrogen) atoms. The van der Waals surface area contributed by atoms with Gasteiger partial charge in [0.1, 0.15) is 0 Å². The first-order valence-electron chi connectivity index (χ1n) is 3.67.